The second-order valence-electron chi connectivity index (χ2n) is 4.90. The van der Waals surface area contributed by atoms with E-state index in [9.17, 15) is 9.18 Å². The molecule has 1 atom stereocenters. The van der Waals surface area contributed by atoms with E-state index in [1.807, 2.05) is 0 Å². The van der Waals surface area contributed by atoms with Crippen LogP contribution in [0, 0.1) is 5.82 Å². The van der Waals surface area contributed by atoms with Gasteiger partial charge in [0.05, 0.1) is 10.6 Å². The van der Waals surface area contributed by atoms with Crippen molar-refractivity contribution in [1.82, 2.24) is 10.2 Å². The molecule has 0 spiro atoms. The molecule has 0 aromatic heterocycles. The fourth-order valence-electron chi connectivity index (χ4n) is 2.35. The van der Waals surface area contributed by atoms with Crippen molar-refractivity contribution in [1.29, 1.82) is 0 Å². The minimum Gasteiger partial charge on any atom is -0.350 e. The van der Waals surface area contributed by atoms with Gasteiger partial charge >= 0.3 is 0 Å². The van der Waals surface area contributed by atoms with Gasteiger partial charge in [0.15, 0.2) is 0 Å². The van der Waals surface area contributed by atoms with Crippen LogP contribution in [0.2, 0.25) is 5.02 Å². The Kier molecular flexibility index (Phi) is 4.77. The van der Waals surface area contributed by atoms with Gasteiger partial charge < -0.3 is 5.32 Å². The minimum atomic E-state index is -0.584. The smallest absolute Gasteiger partial charge is 0.255 e. The van der Waals surface area contributed by atoms with Crippen molar-refractivity contribution in [3.05, 3.63) is 34.6 Å². The lowest BCUT2D eigenvalue weighted by Crippen LogP contribution is -2.40. The SMILES string of the molecule is C[C@@H](CNC(=O)c1c(F)cccc1Cl)N1CCCC1. The van der Waals surface area contributed by atoms with Crippen LogP contribution in [0.4, 0.5) is 4.39 Å². The van der Waals surface area contributed by atoms with Crippen molar-refractivity contribution < 1.29 is 9.18 Å². The van der Waals surface area contributed by atoms with E-state index in [0.717, 1.165) is 13.1 Å². The fraction of sp³-hybridized carbons (Fsp3) is 0.500. The number of carbonyl (C=O) groups is 1. The fourth-order valence-corrected chi connectivity index (χ4v) is 2.60. The van der Waals surface area contributed by atoms with Gasteiger partial charge in [-0.15, -0.1) is 0 Å². The second kappa shape index (κ2) is 6.35. The van der Waals surface area contributed by atoms with Gasteiger partial charge in [0.1, 0.15) is 5.82 Å². The van der Waals surface area contributed by atoms with E-state index >= 15 is 0 Å². The summed E-state index contributed by atoms with van der Waals surface area (Å²) >= 11 is 5.86. The number of amides is 1. The number of nitrogens with zero attached hydrogens (tertiary/aromatic N) is 1. The first-order valence-corrected chi connectivity index (χ1v) is 6.93. The molecule has 1 N–H and O–H groups in total. The first-order valence-electron chi connectivity index (χ1n) is 6.56. The van der Waals surface area contributed by atoms with Crippen molar-refractivity contribution in [3.63, 3.8) is 0 Å². The maximum atomic E-state index is 13.6. The number of likely N-dealkylation sites (tertiary alicyclic amines) is 1. The lowest BCUT2D eigenvalue weighted by Gasteiger charge is -2.23. The Morgan fingerprint density at radius 1 is 1.47 bits per heavy atom. The van der Waals surface area contributed by atoms with E-state index in [2.05, 4.69) is 17.1 Å². The molecule has 5 heteroatoms. The van der Waals surface area contributed by atoms with Crippen LogP contribution in [-0.2, 0) is 0 Å². The largest absolute Gasteiger partial charge is 0.350 e. The average molecular weight is 285 g/mol. The zero-order valence-corrected chi connectivity index (χ0v) is 11.7. The van der Waals surface area contributed by atoms with Crippen LogP contribution < -0.4 is 5.32 Å². The highest BCUT2D eigenvalue weighted by Crippen LogP contribution is 2.18. The van der Waals surface area contributed by atoms with Crippen LogP contribution in [-0.4, -0.2) is 36.5 Å². The third kappa shape index (κ3) is 3.45. The molecule has 0 aliphatic carbocycles. The molecule has 3 nitrogen and oxygen atoms in total. The second-order valence-corrected chi connectivity index (χ2v) is 5.31. The third-order valence-corrected chi connectivity index (χ3v) is 3.83. The van der Waals surface area contributed by atoms with E-state index in [1.165, 1.54) is 31.0 Å². The number of hydrogen-bond donors (Lipinski definition) is 1. The summed E-state index contributed by atoms with van der Waals surface area (Å²) in [5, 5.41) is 2.90. The molecule has 1 heterocycles. The molecule has 2 rings (SSSR count). The summed E-state index contributed by atoms with van der Waals surface area (Å²) in [6.45, 7) is 4.70. The summed E-state index contributed by atoms with van der Waals surface area (Å²) in [5.41, 5.74) is -0.0715. The van der Waals surface area contributed by atoms with Gasteiger partial charge in [-0.05, 0) is 45.0 Å². The van der Waals surface area contributed by atoms with Crippen molar-refractivity contribution in [2.75, 3.05) is 19.6 Å². The van der Waals surface area contributed by atoms with Gasteiger partial charge in [-0.2, -0.15) is 0 Å². The Hall–Kier alpha value is -1.13. The van der Waals surface area contributed by atoms with E-state index < -0.39 is 11.7 Å². The molecule has 0 radical (unpaired) electrons. The predicted octanol–water partition coefficient (Wildman–Crippen LogP) is 2.69. The summed E-state index contributed by atoms with van der Waals surface area (Å²) in [6, 6.07) is 4.51. The number of halogens is 2. The predicted molar refractivity (Wildman–Crippen MR) is 74.0 cm³/mol. The van der Waals surface area contributed by atoms with E-state index in [4.69, 9.17) is 11.6 Å². The summed E-state index contributed by atoms with van der Waals surface area (Å²) in [7, 11) is 0. The van der Waals surface area contributed by atoms with Crippen LogP contribution in [0.5, 0.6) is 0 Å². The van der Waals surface area contributed by atoms with Crippen molar-refractivity contribution >= 4 is 17.5 Å². The first-order chi connectivity index (χ1) is 9.09. The monoisotopic (exact) mass is 284 g/mol. The molecule has 19 heavy (non-hydrogen) atoms. The third-order valence-electron chi connectivity index (χ3n) is 3.51. The quantitative estimate of drug-likeness (QED) is 0.922. The van der Waals surface area contributed by atoms with Crippen LogP contribution in [0.15, 0.2) is 18.2 Å². The Balaban J connectivity index is 1.94. The Labute approximate surface area is 117 Å². The van der Waals surface area contributed by atoms with Gasteiger partial charge in [-0.1, -0.05) is 17.7 Å². The van der Waals surface area contributed by atoms with Crippen molar-refractivity contribution in [2.45, 2.75) is 25.8 Å². The number of carbonyl (C=O) groups excluding carboxylic acids is 1. The summed E-state index contributed by atoms with van der Waals surface area (Å²) in [6.07, 6.45) is 2.41. The van der Waals surface area contributed by atoms with Gasteiger partial charge in [-0.3, -0.25) is 9.69 Å². The van der Waals surface area contributed by atoms with Crippen LogP contribution >= 0.6 is 11.6 Å². The lowest BCUT2D eigenvalue weighted by atomic mass is 10.2. The van der Waals surface area contributed by atoms with Crippen LogP contribution in [0.3, 0.4) is 0 Å². The average Bonchev–Trinajstić information content (AvgIpc) is 2.89. The number of rotatable bonds is 4. The van der Waals surface area contributed by atoms with Crippen molar-refractivity contribution in [2.24, 2.45) is 0 Å². The summed E-state index contributed by atoms with van der Waals surface area (Å²) in [5.74, 6) is -1.03. The minimum absolute atomic E-state index is 0.0715. The molecule has 1 aliphatic heterocycles. The maximum absolute atomic E-state index is 13.6. The van der Waals surface area contributed by atoms with Gasteiger partial charge in [0.2, 0.25) is 0 Å². The molecule has 0 saturated carbocycles. The molecular formula is C14H18ClFN2O. The zero-order valence-electron chi connectivity index (χ0n) is 11.0. The van der Waals surface area contributed by atoms with E-state index in [0.29, 0.717) is 6.54 Å². The molecular weight excluding hydrogens is 267 g/mol. The number of hydrogen-bond acceptors (Lipinski definition) is 2. The Morgan fingerprint density at radius 3 is 2.79 bits per heavy atom. The van der Waals surface area contributed by atoms with Crippen LogP contribution in [0.25, 0.3) is 0 Å². The van der Waals surface area contributed by atoms with Gasteiger partial charge in [0.25, 0.3) is 5.91 Å². The highest BCUT2D eigenvalue weighted by Gasteiger charge is 2.20. The highest BCUT2D eigenvalue weighted by atomic mass is 35.5. The topological polar surface area (TPSA) is 32.3 Å². The Morgan fingerprint density at radius 2 is 2.16 bits per heavy atom. The standard InChI is InChI=1S/C14H18ClFN2O/c1-10(18-7-2-3-8-18)9-17-14(19)13-11(15)5-4-6-12(13)16/h4-6,10H,2-3,7-9H2,1H3,(H,17,19)/t10-/m0/s1. The molecule has 0 unspecified atom stereocenters. The molecule has 1 aromatic rings. The maximum Gasteiger partial charge on any atom is 0.255 e. The summed E-state index contributed by atoms with van der Waals surface area (Å²) in [4.78, 5) is 14.3. The van der Waals surface area contributed by atoms with Crippen molar-refractivity contribution in [3.8, 4) is 0 Å². The zero-order chi connectivity index (χ0) is 13.8. The number of nitrogens with one attached hydrogen (secondary N) is 1. The van der Waals surface area contributed by atoms with Gasteiger partial charge in [-0.25, -0.2) is 4.39 Å². The molecule has 1 aromatic carbocycles. The lowest BCUT2D eigenvalue weighted by molar-refractivity contribution is 0.0936. The van der Waals surface area contributed by atoms with E-state index in [1.54, 1.807) is 0 Å². The molecule has 104 valence electrons. The first kappa shape index (κ1) is 14.3. The normalized spacial score (nSPS) is 17.4. The van der Waals surface area contributed by atoms with Gasteiger partial charge in [0, 0.05) is 12.6 Å². The molecule has 1 aliphatic rings. The van der Waals surface area contributed by atoms with Crippen LogP contribution in [0.1, 0.15) is 30.1 Å². The number of benzene rings is 1. The highest BCUT2D eigenvalue weighted by molar-refractivity contribution is 6.33. The molecule has 1 fully saturated rings. The van der Waals surface area contributed by atoms with E-state index in [-0.39, 0.29) is 16.6 Å². The molecule has 1 amide bonds. The summed E-state index contributed by atoms with van der Waals surface area (Å²) < 4.78 is 13.6. The molecule has 1 saturated heterocycles. The molecule has 0 bridgehead atoms. The Bertz CT molecular complexity index is 441.